The molecular formula is C17H21FN2O4. The van der Waals surface area contributed by atoms with E-state index in [2.05, 4.69) is 0 Å². The molecule has 0 saturated carbocycles. The Hall–Kier alpha value is -2.44. The molecule has 0 aromatic heterocycles. The lowest BCUT2D eigenvalue weighted by atomic mass is 9.97. The average molecular weight is 336 g/mol. The van der Waals surface area contributed by atoms with Crippen molar-refractivity contribution in [2.75, 3.05) is 13.1 Å². The van der Waals surface area contributed by atoms with E-state index in [9.17, 15) is 18.8 Å². The zero-order chi connectivity index (χ0) is 17.7. The molecule has 2 unspecified atom stereocenters. The van der Waals surface area contributed by atoms with Crippen molar-refractivity contribution >= 4 is 17.8 Å². The van der Waals surface area contributed by atoms with Gasteiger partial charge in [-0.1, -0.05) is 19.1 Å². The molecule has 6 nitrogen and oxygen atoms in total. The van der Waals surface area contributed by atoms with E-state index in [4.69, 9.17) is 10.5 Å². The summed E-state index contributed by atoms with van der Waals surface area (Å²) in [4.78, 5) is 37.4. The van der Waals surface area contributed by atoms with Crippen molar-refractivity contribution in [3.8, 4) is 0 Å². The van der Waals surface area contributed by atoms with Gasteiger partial charge in [-0.15, -0.1) is 0 Å². The summed E-state index contributed by atoms with van der Waals surface area (Å²) in [6, 6.07) is 5.04. The summed E-state index contributed by atoms with van der Waals surface area (Å²) in [5, 5.41) is 0. The molecule has 1 aliphatic rings. The van der Waals surface area contributed by atoms with Crippen molar-refractivity contribution in [3.05, 3.63) is 35.6 Å². The second kappa shape index (κ2) is 7.90. The summed E-state index contributed by atoms with van der Waals surface area (Å²) in [6.07, 6.45) is 0.390. The molecule has 1 heterocycles. The Kier molecular flexibility index (Phi) is 5.89. The first-order chi connectivity index (χ1) is 11.4. The van der Waals surface area contributed by atoms with Crippen molar-refractivity contribution in [1.82, 2.24) is 4.90 Å². The third-order valence-corrected chi connectivity index (χ3v) is 4.08. The molecule has 2 atom stereocenters. The number of nitrogens with two attached hydrogens (primary N) is 1. The highest BCUT2D eigenvalue weighted by molar-refractivity contribution is 5.84. The molecule has 24 heavy (non-hydrogen) atoms. The van der Waals surface area contributed by atoms with Crippen molar-refractivity contribution in [2.24, 2.45) is 11.7 Å². The maximum absolute atomic E-state index is 13.0. The first-order valence-corrected chi connectivity index (χ1v) is 7.95. The van der Waals surface area contributed by atoms with E-state index < -0.39 is 29.7 Å². The first kappa shape index (κ1) is 17.9. The minimum Gasteiger partial charge on any atom is -0.447 e. The van der Waals surface area contributed by atoms with Gasteiger partial charge < -0.3 is 15.4 Å². The fourth-order valence-electron chi connectivity index (χ4n) is 2.76. The summed E-state index contributed by atoms with van der Waals surface area (Å²) >= 11 is 0. The maximum atomic E-state index is 13.0. The molecule has 1 aromatic carbocycles. The van der Waals surface area contributed by atoms with E-state index in [1.165, 1.54) is 24.3 Å². The minimum absolute atomic E-state index is 0.0162. The summed E-state index contributed by atoms with van der Waals surface area (Å²) in [7, 11) is 0. The molecule has 0 bridgehead atoms. The highest BCUT2D eigenvalue weighted by Crippen LogP contribution is 2.23. The quantitative estimate of drug-likeness (QED) is 0.826. The molecule has 1 aliphatic heterocycles. The van der Waals surface area contributed by atoms with Crippen LogP contribution in [-0.4, -0.2) is 35.8 Å². The van der Waals surface area contributed by atoms with Crippen molar-refractivity contribution < 1.29 is 23.5 Å². The Morgan fingerprint density at radius 2 is 2.00 bits per heavy atom. The number of hydrogen-bond donors (Lipinski definition) is 1. The summed E-state index contributed by atoms with van der Waals surface area (Å²) in [6.45, 7) is 2.66. The fourth-order valence-corrected chi connectivity index (χ4v) is 2.76. The predicted octanol–water partition coefficient (Wildman–Crippen LogP) is 1.54. The van der Waals surface area contributed by atoms with E-state index in [1.807, 2.05) is 0 Å². The molecular weight excluding hydrogens is 315 g/mol. The van der Waals surface area contributed by atoms with E-state index >= 15 is 0 Å². The molecule has 2 amide bonds. The second-order valence-corrected chi connectivity index (χ2v) is 5.80. The number of carbonyl (C=O) groups is 3. The molecule has 0 spiro atoms. The molecule has 1 aromatic rings. The minimum atomic E-state index is -1.27. The Morgan fingerprint density at radius 3 is 2.58 bits per heavy atom. The maximum Gasteiger partial charge on any atom is 0.311 e. The van der Waals surface area contributed by atoms with Gasteiger partial charge in [0.15, 0.2) is 0 Å². The third kappa shape index (κ3) is 4.31. The average Bonchev–Trinajstić information content (AvgIpc) is 2.59. The largest absolute Gasteiger partial charge is 0.447 e. The number of amides is 2. The molecule has 2 rings (SSSR count). The van der Waals surface area contributed by atoms with Gasteiger partial charge in [0.2, 0.25) is 12.0 Å². The number of likely N-dealkylation sites (tertiary alicyclic amines) is 1. The van der Waals surface area contributed by atoms with Gasteiger partial charge in [0.25, 0.3) is 5.91 Å². The number of nitrogens with zero attached hydrogens (tertiary/aromatic N) is 1. The smallest absolute Gasteiger partial charge is 0.311 e. The number of ether oxygens (including phenoxy) is 1. The van der Waals surface area contributed by atoms with Crippen LogP contribution in [0.3, 0.4) is 0 Å². The van der Waals surface area contributed by atoms with Crippen LogP contribution in [0, 0.1) is 11.7 Å². The topological polar surface area (TPSA) is 89.7 Å². The summed E-state index contributed by atoms with van der Waals surface area (Å²) in [5.41, 5.74) is 5.62. The van der Waals surface area contributed by atoms with Crippen LogP contribution in [0.1, 0.15) is 37.9 Å². The van der Waals surface area contributed by atoms with Gasteiger partial charge in [-0.2, -0.15) is 0 Å². The number of rotatable bonds is 5. The number of carbonyl (C=O) groups excluding carboxylic acids is 3. The standard InChI is InChI=1S/C17H21FN2O4/c1-2-14(21)20-9-3-4-12(10-20)17(23)24-15(16(19)22)11-5-7-13(18)8-6-11/h5-8,12,15H,2-4,9-10H2,1H3,(H2,19,22). The normalized spacial score (nSPS) is 18.8. The van der Waals surface area contributed by atoms with Gasteiger partial charge in [-0.05, 0) is 25.0 Å². The molecule has 7 heteroatoms. The zero-order valence-electron chi connectivity index (χ0n) is 13.5. The third-order valence-electron chi connectivity index (χ3n) is 4.08. The van der Waals surface area contributed by atoms with Crippen LogP contribution in [-0.2, 0) is 19.1 Å². The number of piperidine rings is 1. The van der Waals surface area contributed by atoms with Gasteiger partial charge in [-0.25, -0.2) is 4.39 Å². The summed E-state index contributed by atoms with van der Waals surface area (Å²) in [5.74, 6) is -2.37. The van der Waals surface area contributed by atoms with Crippen LogP contribution in [0.15, 0.2) is 24.3 Å². The Labute approximate surface area is 139 Å². The van der Waals surface area contributed by atoms with Crippen LogP contribution < -0.4 is 5.73 Å². The zero-order valence-corrected chi connectivity index (χ0v) is 13.5. The van der Waals surface area contributed by atoms with Gasteiger partial charge >= 0.3 is 5.97 Å². The first-order valence-electron chi connectivity index (χ1n) is 7.95. The summed E-state index contributed by atoms with van der Waals surface area (Å²) < 4.78 is 18.3. The number of benzene rings is 1. The van der Waals surface area contributed by atoms with Crippen LogP contribution in [0.2, 0.25) is 0 Å². The number of hydrogen-bond acceptors (Lipinski definition) is 4. The monoisotopic (exact) mass is 336 g/mol. The molecule has 130 valence electrons. The Morgan fingerprint density at radius 1 is 1.33 bits per heavy atom. The molecule has 1 fully saturated rings. The van der Waals surface area contributed by atoms with Crippen LogP contribution in [0.5, 0.6) is 0 Å². The van der Waals surface area contributed by atoms with Crippen molar-refractivity contribution in [1.29, 1.82) is 0 Å². The van der Waals surface area contributed by atoms with Gasteiger partial charge in [0.1, 0.15) is 5.82 Å². The van der Waals surface area contributed by atoms with E-state index in [0.29, 0.717) is 31.4 Å². The highest BCUT2D eigenvalue weighted by atomic mass is 19.1. The Balaban J connectivity index is 2.06. The number of halogens is 1. The van der Waals surface area contributed by atoms with Crippen LogP contribution in [0.25, 0.3) is 0 Å². The lowest BCUT2D eigenvalue weighted by molar-refractivity contribution is -0.161. The van der Waals surface area contributed by atoms with Crippen molar-refractivity contribution in [2.45, 2.75) is 32.3 Å². The molecule has 2 N–H and O–H groups in total. The SMILES string of the molecule is CCC(=O)N1CCCC(C(=O)OC(C(N)=O)c2ccc(F)cc2)C1. The van der Waals surface area contributed by atoms with Crippen LogP contribution >= 0.6 is 0 Å². The fraction of sp³-hybridized carbons (Fsp3) is 0.471. The van der Waals surface area contributed by atoms with E-state index in [1.54, 1.807) is 11.8 Å². The highest BCUT2D eigenvalue weighted by Gasteiger charge is 2.32. The van der Waals surface area contributed by atoms with E-state index in [0.717, 1.165) is 0 Å². The predicted molar refractivity (Wildman–Crippen MR) is 84.0 cm³/mol. The van der Waals surface area contributed by atoms with Gasteiger partial charge in [0, 0.05) is 25.1 Å². The molecule has 1 saturated heterocycles. The number of primary amides is 1. The van der Waals surface area contributed by atoms with Crippen molar-refractivity contribution in [3.63, 3.8) is 0 Å². The lowest BCUT2D eigenvalue weighted by Crippen LogP contribution is -2.43. The Bertz CT molecular complexity index is 618. The second-order valence-electron chi connectivity index (χ2n) is 5.80. The van der Waals surface area contributed by atoms with Gasteiger partial charge in [-0.3, -0.25) is 14.4 Å². The van der Waals surface area contributed by atoms with Gasteiger partial charge in [0.05, 0.1) is 5.92 Å². The van der Waals surface area contributed by atoms with E-state index in [-0.39, 0.29) is 12.5 Å². The van der Waals surface area contributed by atoms with Crippen LogP contribution in [0.4, 0.5) is 4.39 Å². The molecule has 0 aliphatic carbocycles. The number of esters is 1. The lowest BCUT2D eigenvalue weighted by Gasteiger charge is -2.32. The molecule has 0 radical (unpaired) electrons.